The third-order valence-corrected chi connectivity index (χ3v) is 9.06. The van der Waals surface area contributed by atoms with Crippen molar-refractivity contribution in [1.82, 2.24) is 9.97 Å². The third kappa shape index (κ3) is 2.36. The van der Waals surface area contributed by atoms with Crippen molar-refractivity contribution in [2.45, 2.75) is 0 Å². The van der Waals surface area contributed by atoms with Gasteiger partial charge in [-0.3, -0.25) is 0 Å². The molecule has 0 bridgehead atoms. The second-order valence-electron chi connectivity index (χ2n) is 5.79. The number of imidazole rings is 1. The van der Waals surface area contributed by atoms with Gasteiger partial charge in [0.15, 0.2) is 0 Å². The number of benzene rings is 3. The predicted octanol–water partition coefficient (Wildman–Crippen LogP) is 2.76. The van der Waals surface area contributed by atoms with Crippen LogP contribution in [0, 0.1) is 0 Å². The van der Waals surface area contributed by atoms with Gasteiger partial charge < -0.3 is 0 Å². The van der Waals surface area contributed by atoms with E-state index >= 15 is 0 Å². The van der Waals surface area contributed by atoms with Crippen molar-refractivity contribution in [1.29, 1.82) is 0 Å². The number of nitrogens with zero attached hydrogens (tertiary/aromatic N) is 1. The molecule has 0 aliphatic rings. The van der Waals surface area contributed by atoms with Crippen LogP contribution in [0.2, 0.25) is 0 Å². The summed E-state index contributed by atoms with van der Waals surface area (Å²) in [5, 5.41) is 3.99. The van der Waals surface area contributed by atoms with Gasteiger partial charge >= 0.3 is 142 Å². The quantitative estimate of drug-likeness (QED) is 0.573. The van der Waals surface area contributed by atoms with E-state index in [1.165, 1.54) is 15.9 Å². The number of rotatable bonds is 4. The SMILES string of the molecule is c1ccc([PH](c2ccccc2)(c2ccccc2)c2ncc[nH]2)cc1. The number of hydrogen-bond acceptors (Lipinski definition) is 1. The number of aromatic nitrogens is 2. The fourth-order valence-corrected chi connectivity index (χ4v) is 7.91. The molecule has 1 heterocycles. The molecule has 1 N–H and O–H groups in total. The predicted molar refractivity (Wildman–Crippen MR) is 105 cm³/mol. The maximum absolute atomic E-state index is 4.72. The van der Waals surface area contributed by atoms with Crippen LogP contribution in [0.15, 0.2) is 103 Å². The van der Waals surface area contributed by atoms with Crippen molar-refractivity contribution in [2.75, 3.05) is 0 Å². The van der Waals surface area contributed by atoms with Gasteiger partial charge in [0.2, 0.25) is 0 Å². The van der Waals surface area contributed by atoms with Gasteiger partial charge in [-0.15, -0.1) is 0 Å². The molecule has 0 saturated carbocycles. The Kier molecular flexibility index (Phi) is 3.98. The number of hydrogen-bond donors (Lipinski definition) is 1. The molecule has 3 heteroatoms. The van der Waals surface area contributed by atoms with Gasteiger partial charge in [0, 0.05) is 0 Å². The number of nitrogens with one attached hydrogen (secondary N) is 1. The minimum absolute atomic E-state index is 1.06. The maximum atomic E-state index is 4.72. The summed E-state index contributed by atoms with van der Waals surface area (Å²) in [6.07, 6.45) is 3.78. The van der Waals surface area contributed by atoms with E-state index in [0.29, 0.717) is 0 Å². The molecule has 0 aliphatic heterocycles. The van der Waals surface area contributed by atoms with Crippen LogP contribution in [0.4, 0.5) is 0 Å². The average Bonchev–Trinajstić information content (AvgIpc) is 3.20. The minimum atomic E-state index is -2.41. The standard InChI is InChI=1S/C21H19N2P/c1-4-10-18(11-5-1)24(21-22-16-17-23-21,19-12-6-2-7-13-19)20-14-8-3-9-15-20/h1-17,24H,(H,22,23). The summed E-state index contributed by atoms with van der Waals surface area (Å²) in [6.45, 7) is 0. The first-order valence-electron chi connectivity index (χ1n) is 8.09. The van der Waals surface area contributed by atoms with E-state index in [4.69, 9.17) is 4.98 Å². The molecule has 0 spiro atoms. The number of H-pyrrole nitrogens is 1. The van der Waals surface area contributed by atoms with Crippen LogP contribution in [-0.4, -0.2) is 9.97 Å². The van der Waals surface area contributed by atoms with Crippen LogP contribution >= 0.6 is 7.26 Å². The zero-order chi connectivity index (χ0) is 16.2. The summed E-state index contributed by atoms with van der Waals surface area (Å²) in [6, 6.07) is 32.3. The Labute approximate surface area is 142 Å². The Hall–Kier alpha value is -2.70. The fraction of sp³-hybridized carbons (Fsp3) is 0. The van der Waals surface area contributed by atoms with E-state index in [2.05, 4.69) is 96.0 Å². The first-order chi connectivity index (χ1) is 11.9. The molecule has 0 amide bonds. The van der Waals surface area contributed by atoms with Crippen molar-refractivity contribution in [3.8, 4) is 0 Å². The van der Waals surface area contributed by atoms with E-state index < -0.39 is 7.26 Å². The summed E-state index contributed by atoms with van der Waals surface area (Å²) < 4.78 is 0. The van der Waals surface area contributed by atoms with Crippen LogP contribution in [0.1, 0.15) is 0 Å². The second kappa shape index (κ2) is 6.43. The van der Waals surface area contributed by atoms with Crippen LogP contribution in [0.5, 0.6) is 0 Å². The molecule has 0 fully saturated rings. The third-order valence-electron chi connectivity index (χ3n) is 4.47. The normalized spacial score (nSPS) is 12.0. The summed E-state index contributed by atoms with van der Waals surface area (Å²) in [5.74, 6) is 0. The molecule has 0 aliphatic carbocycles. The molecule has 0 radical (unpaired) electrons. The van der Waals surface area contributed by atoms with Gasteiger partial charge in [-0.2, -0.15) is 0 Å². The Bertz CT molecular complexity index is 792. The van der Waals surface area contributed by atoms with Crippen molar-refractivity contribution in [3.05, 3.63) is 103 Å². The zero-order valence-corrected chi connectivity index (χ0v) is 14.3. The topological polar surface area (TPSA) is 28.7 Å². The van der Waals surface area contributed by atoms with Crippen molar-refractivity contribution < 1.29 is 0 Å². The van der Waals surface area contributed by atoms with Crippen molar-refractivity contribution in [2.24, 2.45) is 0 Å². The summed E-state index contributed by atoms with van der Waals surface area (Å²) in [4.78, 5) is 8.15. The molecule has 24 heavy (non-hydrogen) atoms. The number of aromatic amines is 1. The van der Waals surface area contributed by atoms with Crippen LogP contribution in [0.25, 0.3) is 0 Å². The monoisotopic (exact) mass is 330 g/mol. The molecule has 4 rings (SSSR count). The molecule has 118 valence electrons. The average molecular weight is 330 g/mol. The first-order valence-corrected chi connectivity index (χ1v) is 10.1. The first kappa shape index (κ1) is 14.9. The Morgan fingerprint density at radius 2 is 1.00 bits per heavy atom. The molecular weight excluding hydrogens is 311 g/mol. The molecule has 3 aromatic carbocycles. The summed E-state index contributed by atoms with van der Waals surface area (Å²) >= 11 is 0. The summed E-state index contributed by atoms with van der Waals surface area (Å²) in [7, 11) is -2.41. The Balaban J connectivity index is 2.12. The van der Waals surface area contributed by atoms with E-state index in [0.717, 1.165) is 5.57 Å². The van der Waals surface area contributed by atoms with Crippen molar-refractivity contribution >= 4 is 28.7 Å². The van der Waals surface area contributed by atoms with Crippen LogP contribution in [-0.2, 0) is 0 Å². The van der Waals surface area contributed by atoms with E-state index in [-0.39, 0.29) is 0 Å². The van der Waals surface area contributed by atoms with Gasteiger partial charge in [-0.25, -0.2) is 0 Å². The molecule has 0 unspecified atom stereocenters. The van der Waals surface area contributed by atoms with Crippen molar-refractivity contribution in [3.63, 3.8) is 0 Å². The zero-order valence-electron chi connectivity index (χ0n) is 13.3. The van der Waals surface area contributed by atoms with E-state index in [1.807, 2.05) is 12.4 Å². The van der Waals surface area contributed by atoms with Gasteiger partial charge in [0.05, 0.1) is 0 Å². The van der Waals surface area contributed by atoms with Crippen LogP contribution < -0.4 is 21.5 Å². The molecule has 2 nitrogen and oxygen atoms in total. The molecule has 4 aromatic rings. The van der Waals surface area contributed by atoms with Gasteiger partial charge in [0.1, 0.15) is 0 Å². The summed E-state index contributed by atoms with van der Waals surface area (Å²) in [5.41, 5.74) is 1.06. The van der Waals surface area contributed by atoms with Gasteiger partial charge in [0.25, 0.3) is 0 Å². The second-order valence-corrected chi connectivity index (χ2v) is 9.49. The van der Waals surface area contributed by atoms with Gasteiger partial charge in [-0.1, -0.05) is 0 Å². The fourth-order valence-electron chi connectivity index (χ4n) is 3.44. The molecule has 1 aromatic heterocycles. The molecule has 0 saturated heterocycles. The molecule has 0 atom stereocenters. The Morgan fingerprint density at radius 1 is 0.583 bits per heavy atom. The Morgan fingerprint density at radius 3 is 1.33 bits per heavy atom. The van der Waals surface area contributed by atoms with Gasteiger partial charge in [-0.05, 0) is 0 Å². The van der Waals surface area contributed by atoms with E-state index in [1.54, 1.807) is 0 Å². The van der Waals surface area contributed by atoms with E-state index in [9.17, 15) is 0 Å². The molecular formula is C21H19N2P. The van der Waals surface area contributed by atoms with Crippen LogP contribution in [0.3, 0.4) is 0 Å².